The summed E-state index contributed by atoms with van der Waals surface area (Å²) in [5.41, 5.74) is 3.11. The van der Waals surface area contributed by atoms with Crippen molar-refractivity contribution >= 4 is 21.1 Å². The van der Waals surface area contributed by atoms with Crippen molar-refractivity contribution < 1.29 is 8.42 Å². The molecule has 2 N–H and O–H groups in total. The van der Waals surface area contributed by atoms with E-state index in [1.165, 1.54) is 13.1 Å². The zero-order chi connectivity index (χ0) is 17.4. The molecule has 4 aromatic rings. The lowest BCUT2D eigenvalue weighted by molar-refractivity contribution is 0.588. The number of aromatic amines is 1. The van der Waals surface area contributed by atoms with Crippen LogP contribution in [0, 0.1) is 0 Å². The van der Waals surface area contributed by atoms with Gasteiger partial charge in [-0.15, -0.1) is 0 Å². The maximum atomic E-state index is 11.9. The molecule has 0 saturated carbocycles. The van der Waals surface area contributed by atoms with E-state index in [2.05, 4.69) is 19.8 Å². The van der Waals surface area contributed by atoms with Gasteiger partial charge >= 0.3 is 0 Å². The Morgan fingerprint density at radius 1 is 1.12 bits per heavy atom. The van der Waals surface area contributed by atoms with Gasteiger partial charge in [-0.1, -0.05) is 18.2 Å². The van der Waals surface area contributed by atoms with Crippen LogP contribution in [0.4, 0.5) is 0 Å². The average Bonchev–Trinajstić information content (AvgIpc) is 3.28. The quantitative estimate of drug-likeness (QED) is 0.589. The number of nitrogens with zero attached hydrogens (tertiary/aromatic N) is 3. The lowest BCUT2D eigenvalue weighted by Gasteiger charge is -2.01. The van der Waals surface area contributed by atoms with E-state index < -0.39 is 10.0 Å². The van der Waals surface area contributed by atoms with Crippen molar-refractivity contribution in [2.75, 3.05) is 7.05 Å². The Bertz CT molecular complexity index is 1150. The highest BCUT2D eigenvalue weighted by Gasteiger charge is 2.14. The fraction of sp³-hybridized carbons (Fsp3) is 0.0588. The number of fused-ring (bicyclic) bond motifs is 1. The van der Waals surface area contributed by atoms with Crippen LogP contribution < -0.4 is 4.72 Å². The Morgan fingerprint density at radius 3 is 2.68 bits per heavy atom. The summed E-state index contributed by atoms with van der Waals surface area (Å²) < 4.78 is 27.9. The lowest BCUT2D eigenvalue weighted by atomic mass is 10.3. The summed E-state index contributed by atoms with van der Waals surface area (Å²) in [6, 6.07) is 14.6. The molecule has 4 rings (SSSR count). The van der Waals surface area contributed by atoms with E-state index in [0.29, 0.717) is 16.9 Å². The van der Waals surface area contributed by atoms with Gasteiger partial charge in [0.1, 0.15) is 5.82 Å². The first-order chi connectivity index (χ1) is 12.1. The molecule has 0 aliphatic rings. The molecule has 0 unspecified atom stereocenters. The molecule has 0 spiro atoms. The molecule has 0 fully saturated rings. The number of nitrogens with one attached hydrogen (secondary N) is 2. The summed E-state index contributed by atoms with van der Waals surface area (Å²) in [4.78, 5) is 7.86. The number of aromatic nitrogens is 4. The molecule has 0 saturated heterocycles. The van der Waals surface area contributed by atoms with E-state index in [1.54, 1.807) is 23.0 Å². The van der Waals surface area contributed by atoms with Gasteiger partial charge in [-0.2, -0.15) is 5.10 Å². The van der Waals surface area contributed by atoms with Crippen LogP contribution >= 0.6 is 0 Å². The monoisotopic (exact) mass is 353 g/mol. The van der Waals surface area contributed by atoms with Gasteiger partial charge < -0.3 is 4.98 Å². The largest absolute Gasteiger partial charge is 0.338 e. The second-order valence-electron chi connectivity index (χ2n) is 5.48. The molecule has 25 heavy (non-hydrogen) atoms. The molecular weight excluding hydrogens is 338 g/mol. The minimum atomic E-state index is -3.49. The van der Waals surface area contributed by atoms with Crippen LogP contribution in [-0.4, -0.2) is 35.2 Å². The van der Waals surface area contributed by atoms with E-state index in [0.717, 1.165) is 11.3 Å². The molecule has 8 heteroatoms. The fourth-order valence-electron chi connectivity index (χ4n) is 2.58. The van der Waals surface area contributed by atoms with Gasteiger partial charge in [0.05, 0.1) is 33.4 Å². The molecule has 0 aliphatic heterocycles. The Labute approximate surface area is 144 Å². The first-order valence-electron chi connectivity index (χ1n) is 7.60. The van der Waals surface area contributed by atoms with Gasteiger partial charge in [-0.25, -0.2) is 22.8 Å². The van der Waals surface area contributed by atoms with Gasteiger partial charge in [-0.05, 0) is 37.4 Å². The zero-order valence-electron chi connectivity index (χ0n) is 13.3. The Kier molecular flexibility index (Phi) is 3.63. The number of para-hydroxylation sites is 1. The molecule has 0 aliphatic carbocycles. The topological polar surface area (TPSA) is 92.7 Å². The first-order valence-corrected chi connectivity index (χ1v) is 9.09. The zero-order valence-corrected chi connectivity index (χ0v) is 14.2. The van der Waals surface area contributed by atoms with Gasteiger partial charge in [-0.3, -0.25) is 0 Å². The number of hydrogen-bond donors (Lipinski definition) is 2. The van der Waals surface area contributed by atoms with E-state index in [4.69, 9.17) is 0 Å². The number of sulfonamides is 1. The summed E-state index contributed by atoms with van der Waals surface area (Å²) in [5, 5.41) is 4.35. The second kappa shape index (κ2) is 5.83. The molecule has 2 heterocycles. The molecular formula is C17H15N5O2S. The highest BCUT2D eigenvalue weighted by Crippen LogP contribution is 2.23. The van der Waals surface area contributed by atoms with E-state index >= 15 is 0 Å². The maximum absolute atomic E-state index is 11.9. The predicted octanol–water partition coefficient (Wildman–Crippen LogP) is 2.32. The molecule has 0 amide bonds. The number of imidazole rings is 1. The van der Waals surface area contributed by atoms with Crippen molar-refractivity contribution in [2.45, 2.75) is 4.90 Å². The third-order valence-electron chi connectivity index (χ3n) is 3.91. The Morgan fingerprint density at radius 2 is 1.92 bits per heavy atom. The van der Waals surface area contributed by atoms with Crippen molar-refractivity contribution in [3.63, 3.8) is 0 Å². The van der Waals surface area contributed by atoms with Crippen molar-refractivity contribution in [1.82, 2.24) is 24.5 Å². The van der Waals surface area contributed by atoms with Gasteiger partial charge in [0.25, 0.3) is 0 Å². The molecule has 7 nitrogen and oxygen atoms in total. The summed E-state index contributed by atoms with van der Waals surface area (Å²) >= 11 is 0. The smallest absolute Gasteiger partial charge is 0.240 e. The minimum Gasteiger partial charge on any atom is -0.338 e. The summed E-state index contributed by atoms with van der Waals surface area (Å²) in [7, 11) is -2.11. The molecule has 0 radical (unpaired) electrons. The van der Waals surface area contributed by atoms with Crippen LogP contribution in [0.15, 0.2) is 65.8 Å². The highest BCUT2D eigenvalue weighted by atomic mass is 32.2. The van der Waals surface area contributed by atoms with E-state index in [9.17, 15) is 8.42 Å². The van der Waals surface area contributed by atoms with E-state index in [1.807, 2.05) is 36.5 Å². The van der Waals surface area contributed by atoms with Crippen LogP contribution in [0.1, 0.15) is 0 Å². The Hall–Kier alpha value is -2.97. The van der Waals surface area contributed by atoms with Gasteiger partial charge in [0, 0.05) is 6.20 Å². The highest BCUT2D eigenvalue weighted by molar-refractivity contribution is 7.89. The van der Waals surface area contributed by atoms with Gasteiger partial charge in [0.15, 0.2) is 0 Å². The van der Waals surface area contributed by atoms with Crippen LogP contribution in [-0.2, 0) is 10.0 Å². The summed E-state index contributed by atoms with van der Waals surface area (Å²) in [5.74, 6) is 0.635. The maximum Gasteiger partial charge on any atom is 0.240 e. The molecule has 2 aromatic heterocycles. The third-order valence-corrected chi connectivity index (χ3v) is 5.32. The van der Waals surface area contributed by atoms with Crippen LogP contribution in [0.2, 0.25) is 0 Å². The standard InChI is InChI=1S/C17H15N5O2S/c1-18-25(23,24)14-7-8-15-16(9-14)21-17(20-15)12-10-19-22(11-12)13-5-3-2-4-6-13/h2-11,18H,1H3,(H,20,21). The molecule has 2 aromatic carbocycles. The van der Waals surface area contributed by atoms with Crippen molar-refractivity contribution in [2.24, 2.45) is 0 Å². The predicted molar refractivity (Wildman–Crippen MR) is 94.9 cm³/mol. The van der Waals surface area contributed by atoms with E-state index in [-0.39, 0.29) is 4.90 Å². The number of rotatable bonds is 4. The van der Waals surface area contributed by atoms with Crippen molar-refractivity contribution in [3.8, 4) is 17.1 Å². The second-order valence-corrected chi connectivity index (χ2v) is 7.37. The first kappa shape index (κ1) is 15.6. The lowest BCUT2D eigenvalue weighted by Crippen LogP contribution is -2.18. The summed E-state index contributed by atoms with van der Waals surface area (Å²) in [6.07, 6.45) is 3.59. The van der Waals surface area contributed by atoms with Crippen LogP contribution in [0.3, 0.4) is 0 Å². The fourth-order valence-corrected chi connectivity index (χ4v) is 3.33. The van der Waals surface area contributed by atoms with Crippen molar-refractivity contribution in [3.05, 3.63) is 60.9 Å². The minimum absolute atomic E-state index is 0.192. The third kappa shape index (κ3) is 2.81. The number of H-pyrrole nitrogens is 1. The molecule has 0 bridgehead atoms. The average molecular weight is 353 g/mol. The number of benzene rings is 2. The normalized spacial score (nSPS) is 11.9. The van der Waals surface area contributed by atoms with Crippen molar-refractivity contribution in [1.29, 1.82) is 0 Å². The van der Waals surface area contributed by atoms with Gasteiger partial charge in [0.2, 0.25) is 10.0 Å². The van der Waals surface area contributed by atoms with Crippen LogP contribution in [0.5, 0.6) is 0 Å². The molecule has 0 atom stereocenters. The number of hydrogen-bond acceptors (Lipinski definition) is 4. The SMILES string of the molecule is CNS(=O)(=O)c1ccc2nc(-c3cnn(-c4ccccc4)c3)[nH]c2c1. The molecule has 126 valence electrons. The summed E-state index contributed by atoms with van der Waals surface area (Å²) in [6.45, 7) is 0. The Balaban J connectivity index is 1.74. The van der Waals surface area contributed by atoms with Crippen LogP contribution in [0.25, 0.3) is 28.1 Å².